The van der Waals surface area contributed by atoms with E-state index in [-0.39, 0.29) is 17.9 Å². The van der Waals surface area contributed by atoms with Gasteiger partial charge in [0.05, 0.1) is 27.9 Å². The first kappa shape index (κ1) is 29.5. The van der Waals surface area contributed by atoms with Gasteiger partial charge in [-0.2, -0.15) is 8.78 Å². The lowest BCUT2D eigenvalue weighted by Crippen LogP contribution is -2.15. The Labute approximate surface area is 251 Å². The zero-order valence-electron chi connectivity index (χ0n) is 22.3. The van der Waals surface area contributed by atoms with Crippen LogP contribution in [0.4, 0.5) is 14.5 Å². The zero-order chi connectivity index (χ0) is 29.5. The average molecular weight is 614 g/mol. The Hall–Kier alpha value is -3.95. The summed E-state index contributed by atoms with van der Waals surface area (Å²) in [6.45, 7) is -2.11. The van der Waals surface area contributed by atoms with Crippen molar-refractivity contribution in [2.24, 2.45) is 5.92 Å². The van der Waals surface area contributed by atoms with Crippen LogP contribution in [0.1, 0.15) is 46.0 Å². The average Bonchev–Trinajstić information content (AvgIpc) is 3.82. The molecule has 0 saturated heterocycles. The van der Waals surface area contributed by atoms with E-state index in [1.165, 1.54) is 18.5 Å². The number of nitrogens with one attached hydrogen (secondary N) is 1. The number of carbonyl (C=O) groups excluding carboxylic acids is 1. The van der Waals surface area contributed by atoms with Gasteiger partial charge in [-0.05, 0) is 71.8 Å². The quantitative estimate of drug-likeness (QED) is 0.153. The van der Waals surface area contributed by atoms with E-state index in [1.54, 1.807) is 36.7 Å². The van der Waals surface area contributed by atoms with E-state index < -0.39 is 18.7 Å². The van der Waals surface area contributed by atoms with Crippen molar-refractivity contribution in [2.45, 2.75) is 38.5 Å². The van der Waals surface area contributed by atoms with Crippen molar-refractivity contribution in [3.8, 4) is 11.5 Å². The summed E-state index contributed by atoms with van der Waals surface area (Å²) in [7, 11) is 0. The smallest absolute Gasteiger partial charge is 0.387 e. The van der Waals surface area contributed by atoms with Crippen molar-refractivity contribution in [2.75, 3.05) is 11.9 Å². The maximum Gasteiger partial charge on any atom is 0.387 e. The number of rotatable bonds is 13. The highest BCUT2D eigenvalue weighted by Gasteiger charge is 2.26. The van der Waals surface area contributed by atoms with Gasteiger partial charge in [0.1, 0.15) is 6.10 Å². The number of halogens is 4. The van der Waals surface area contributed by atoms with Gasteiger partial charge in [0, 0.05) is 37.8 Å². The number of benzene rings is 2. The molecule has 42 heavy (non-hydrogen) atoms. The summed E-state index contributed by atoms with van der Waals surface area (Å²) in [6, 6.07) is 15.2. The van der Waals surface area contributed by atoms with Gasteiger partial charge in [-0.15, -0.1) is 0 Å². The van der Waals surface area contributed by atoms with Gasteiger partial charge >= 0.3 is 12.6 Å². The minimum Gasteiger partial charge on any atom is -0.489 e. The standard InChI is InChI=1S/C31H27Cl2F2N3O4/c32-25-16-37-17-26(33)24(25)13-28(22-9-10-27(42-31(34)35)29(12-22)40-18-20-3-4-20)41-30(39)21-7-5-19(6-8-21)14-38-23-2-1-11-36-15-23/h1-2,5-12,15-17,20,28,31,38H,3-4,13-14,18H2/t28-/m0/s1. The second kappa shape index (κ2) is 13.8. The van der Waals surface area contributed by atoms with Crippen LogP contribution in [-0.4, -0.2) is 29.2 Å². The van der Waals surface area contributed by atoms with E-state index in [0.717, 1.165) is 24.1 Å². The van der Waals surface area contributed by atoms with Crippen molar-refractivity contribution < 1.29 is 27.8 Å². The monoisotopic (exact) mass is 613 g/mol. The first-order valence-electron chi connectivity index (χ1n) is 13.3. The van der Waals surface area contributed by atoms with Crippen LogP contribution in [0.2, 0.25) is 10.0 Å². The number of hydrogen-bond acceptors (Lipinski definition) is 7. The maximum absolute atomic E-state index is 13.3. The number of aromatic nitrogens is 2. The van der Waals surface area contributed by atoms with E-state index in [9.17, 15) is 13.6 Å². The molecule has 1 aliphatic carbocycles. The van der Waals surface area contributed by atoms with Gasteiger partial charge in [0.25, 0.3) is 0 Å². The Morgan fingerprint density at radius 1 is 0.976 bits per heavy atom. The van der Waals surface area contributed by atoms with Crippen molar-refractivity contribution in [1.29, 1.82) is 0 Å². The van der Waals surface area contributed by atoms with E-state index in [1.807, 2.05) is 24.3 Å². The minimum absolute atomic E-state index is 0.102. The highest BCUT2D eigenvalue weighted by atomic mass is 35.5. The predicted molar refractivity (Wildman–Crippen MR) is 155 cm³/mol. The molecule has 218 valence electrons. The lowest BCUT2D eigenvalue weighted by molar-refractivity contribution is -0.0515. The Bertz CT molecular complexity index is 1490. The minimum atomic E-state index is -3.02. The lowest BCUT2D eigenvalue weighted by Gasteiger charge is -2.21. The molecular weight excluding hydrogens is 587 g/mol. The highest BCUT2D eigenvalue weighted by Crippen LogP contribution is 2.38. The summed E-state index contributed by atoms with van der Waals surface area (Å²) >= 11 is 12.8. The first-order chi connectivity index (χ1) is 20.4. The molecule has 0 radical (unpaired) electrons. The molecule has 2 aromatic carbocycles. The van der Waals surface area contributed by atoms with E-state index in [2.05, 4.69) is 20.0 Å². The fraction of sp³-hybridized carbons (Fsp3) is 0.258. The van der Waals surface area contributed by atoms with Gasteiger partial charge in [-0.25, -0.2) is 4.79 Å². The predicted octanol–water partition coefficient (Wildman–Crippen LogP) is 7.93. The van der Waals surface area contributed by atoms with Crippen LogP contribution >= 0.6 is 23.2 Å². The van der Waals surface area contributed by atoms with E-state index >= 15 is 0 Å². The molecule has 1 saturated carbocycles. The molecule has 2 heterocycles. The number of pyridine rings is 2. The Kier molecular flexibility index (Phi) is 9.71. The summed E-state index contributed by atoms with van der Waals surface area (Å²) in [5.74, 6) is -0.173. The normalized spacial score (nSPS) is 13.5. The van der Waals surface area contributed by atoms with Crippen molar-refractivity contribution >= 4 is 34.9 Å². The van der Waals surface area contributed by atoms with Crippen molar-refractivity contribution in [3.63, 3.8) is 0 Å². The molecule has 2 aromatic heterocycles. The molecule has 1 aliphatic rings. The molecule has 0 amide bonds. The van der Waals surface area contributed by atoms with Crippen LogP contribution in [0.15, 0.2) is 79.4 Å². The van der Waals surface area contributed by atoms with Gasteiger partial charge in [0.15, 0.2) is 11.5 Å². The number of hydrogen-bond donors (Lipinski definition) is 1. The molecule has 0 unspecified atom stereocenters. The molecule has 5 rings (SSSR count). The second-order valence-corrected chi connectivity index (χ2v) is 10.6. The number of anilines is 1. The molecule has 0 aliphatic heterocycles. The van der Waals surface area contributed by atoms with Gasteiger partial charge in [0.2, 0.25) is 0 Å². The van der Waals surface area contributed by atoms with Gasteiger partial charge in [-0.1, -0.05) is 41.4 Å². The highest BCUT2D eigenvalue weighted by molar-refractivity contribution is 6.35. The number of esters is 1. The number of nitrogens with zero attached hydrogens (tertiary/aromatic N) is 2. The maximum atomic E-state index is 13.3. The number of carbonyl (C=O) groups is 1. The second-order valence-electron chi connectivity index (χ2n) is 9.81. The molecule has 1 atom stereocenters. The Balaban J connectivity index is 1.37. The van der Waals surface area contributed by atoms with Crippen LogP contribution in [0.3, 0.4) is 0 Å². The third kappa shape index (κ3) is 8.08. The van der Waals surface area contributed by atoms with Crippen molar-refractivity contribution in [3.05, 3.63) is 112 Å². The van der Waals surface area contributed by atoms with Crippen molar-refractivity contribution in [1.82, 2.24) is 9.97 Å². The fourth-order valence-corrected chi connectivity index (χ4v) is 4.72. The Morgan fingerprint density at radius 2 is 1.74 bits per heavy atom. The molecule has 1 fully saturated rings. The van der Waals surface area contributed by atoms with Gasteiger partial charge < -0.3 is 19.5 Å². The fourth-order valence-electron chi connectivity index (χ4n) is 4.20. The third-order valence-corrected chi connectivity index (χ3v) is 7.32. The van der Waals surface area contributed by atoms with E-state index in [0.29, 0.717) is 45.8 Å². The summed E-state index contributed by atoms with van der Waals surface area (Å²) in [5.41, 5.74) is 3.19. The summed E-state index contributed by atoms with van der Waals surface area (Å²) in [6.07, 6.45) is 7.57. The van der Waals surface area contributed by atoms with Gasteiger partial charge in [-0.3, -0.25) is 9.97 Å². The summed E-state index contributed by atoms with van der Waals surface area (Å²) in [4.78, 5) is 21.4. The summed E-state index contributed by atoms with van der Waals surface area (Å²) in [5, 5.41) is 3.87. The lowest BCUT2D eigenvalue weighted by atomic mass is 10.0. The van der Waals surface area contributed by atoms with Crippen LogP contribution in [0, 0.1) is 5.92 Å². The largest absolute Gasteiger partial charge is 0.489 e. The van der Waals surface area contributed by atoms with Crippen LogP contribution in [0.25, 0.3) is 0 Å². The molecule has 11 heteroatoms. The SMILES string of the molecule is O=C(O[C@@H](Cc1c(Cl)cncc1Cl)c1ccc(OC(F)F)c(OCC2CC2)c1)c1ccc(CNc2cccnc2)cc1. The number of ether oxygens (including phenoxy) is 3. The Morgan fingerprint density at radius 3 is 2.40 bits per heavy atom. The zero-order valence-corrected chi connectivity index (χ0v) is 23.8. The van der Waals surface area contributed by atoms with Crippen LogP contribution in [0.5, 0.6) is 11.5 Å². The van der Waals surface area contributed by atoms with Crippen LogP contribution < -0.4 is 14.8 Å². The van der Waals surface area contributed by atoms with E-state index in [4.69, 9.17) is 32.7 Å². The summed E-state index contributed by atoms with van der Waals surface area (Å²) < 4.78 is 42.6. The first-order valence-corrected chi connectivity index (χ1v) is 14.0. The van der Waals surface area contributed by atoms with Crippen LogP contribution in [-0.2, 0) is 17.7 Å². The molecular formula is C31H27Cl2F2N3O4. The molecule has 0 bridgehead atoms. The number of alkyl halides is 2. The third-order valence-electron chi connectivity index (χ3n) is 6.67. The molecule has 4 aromatic rings. The molecule has 0 spiro atoms. The molecule has 1 N–H and O–H groups in total. The molecule has 7 nitrogen and oxygen atoms in total. The topological polar surface area (TPSA) is 82.6 Å².